The Hall–Kier alpha value is -2.79. The summed E-state index contributed by atoms with van der Waals surface area (Å²) in [4.78, 5) is 4.42. The van der Waals surface area contributed by atoms with Crippen molar-refractivity contribution in [2.24, 2.45) is 0 Å². The van der Waals surface area contributed by atoms with Gasteiger partial charge < -0.3 is 13.7 Å². The van der Waals surface area contributed by atoms with Gasteiger partial charge in [0, 0.05) is 10.9 Å². The zero-order valence-electron chi connectivity index (χ0n) is 13.0. The molecule has 5 nitrogen and oxygen atoms in total. The maximum atomic E-state index is 6.18. The summed E-state index contributed by atoms with van der Waals surface area (Å²) < 4.78 is 16.5. The number of furan rings is 1. The number of hydrogen-bond donors (Lipinski definition) is 0. The van der Waals surface area contributed by atoms with Crippen molar-refractivity contribution < 1.29 is 13.7 Å². The molecule has 2 aromatic heterocycles. The molecule has 24 heavy (non-hydrogen) atoms. The van der Waals surface area contributed by atoms with Crippen molar-refractivity contribution in [3.05, 3.63) is 53.1 Å². The third-order valence-electron chi connectivity index (χ3n) is 3.88. The van der Waals surface area contributed by atoms with Gasteiger partial charge in [0.05, 0.1) is 17.7 Å². The number of aryl methyl sites for hydroxylation is 1. The number of halogens is 1. The molecular weight excluding hydrogens is 328 g/mol. The van der Waals surface area contributed by atoms with E-state index in [9.17, 15) is 0 Å². The first-order valence-corrected chi connectivity index (χ1v) is 7.71. The fraction of sp³-hybridized carbons (Fsp3) is 0.111. The highest BCUT2D eigenvalue weighted by Gasteiger charge is 2.19. The minimum absolute atomic E-state index is 0.355. The zero-order chi connectivity index (χ0) is 16.7. The van der Waals surface area contributed by atoms with Crippen molar-refractivity contribution in [1.82, 2.24) is 10.1 Å². The van der Waals surface area contributed by atoms with Crippen LogP contribution in [0.1, 0.15) is 5.56 Å². The van der Waals surface area contributed by atoms with Gasteiger partial charge in [0.25, 0.3) is 5.89 Å². The molecule has 0 bridgehead atoms. The van der Waals surface area contributed by atoms with E-state index < -0.39 is 0 Å². The molecule has 6 heteroatoms. The largest absolute Gasteiger partial charge is 0.497 e. The quantitative estimate of drug-likeness (QED) is 0.518. The fourth-order valence-corrected chi connectivity index (χ4v) is 2.82. The average molecular weight is 341 g/mol. The van der Waals surface area contributed by atoms with Crippen molar-refractivity contribution in [3.63, 3.8) is 0 Å². The van der Waals surface area contributed by atoms with Gasteiger partial charge in [0.1, 0.15) is 11.3 Å². The van der Waals surface area contributed by atoms with Gasteiger partial charge in [-0.25, -0.2) is 0 Å². The second-order valence-electron chi connectivity index (χ2n) is 5.32. The average Bonchev–Trinajstić information content (AvgIpc) is 3.20. The third kappa shape index (κ3) is 2.34. The van der Waals surface area contributed by atoms with Gasteiger partial charge >= 0.3 is 0 Å². The molecule has 0 radical (unpaired) electrons. The van der Waals surface area contributed by atoms with Crippen molar-refractivity contribution in [3.8, 4) is 28.8 Å². The first kappa shape index (κ1) is 14.8. The summed E-state index contributed by atoms with van der Waals surface area (Å²) in [6.07, 6.45) is 0. The Labute approximate surface area is 142 Å². The number of nitrogens with zero attached hydrogens (tertiary/aromatic N) is 2. The second kappa shape index (κ2) is 5.69. The molecule has 0 unspecified atom stereocenters. The van der Waals surface area contributed by atoms with E-state index in [0.717, 1.165) is 22.3 Å². The Bertz CT molecular complexity index is 1040. The van der Waals surface area contributed by atoms with Gasteiger partial charge in [-0.15, -0.1) is 0 Å². The number of methoxy groups -OCH3 is 1. The van der Waals surface area contributed by atoms with Crippen LogP contribution in [0.25, 0.3) is 34.0 Å². The maximum Gasteiger partial charge on any atom is 0.259 e. The van der Waals surface area contributed by atoms with Crippen molar-refractivity contribution in [2.45, 2.75) is 6.92 Å². The van der Waals surface area contributed by atoms with E-state index >= 15 is 0 Å². The highest BCUT2D eigenvalue weighted by atomic mass is 35.5. The van der Waals surface area contributed by atoms with Crippen molar-refractivity contribution >= 4 is 22.6 Å². The highest BCUT2D eigenvalue weighted by Crippen LogP contribution is 2.35. The van der Waals surface area contributed by atoms with Crippen LogP contribution in [0.15, 0.2) is 51.4 Å². The van der Waals surface area contributed by atoms with E-state index in [4.69, 9.17) is 25.3 Å². The van der Waals surface area contributed by atoms with Crippen LogP contribution in [-0.4, -0.2) is 17.3 Å². The van der Waals surface area contributed by atoms with E-state index in [1.54, 1.807) is 13.2 Å². The standard InChI is InChI=1S/C18H13ClN2O3/c1-10-13-9-11(22-2)7-8-15(13)23-16(10)17-20-18(24-21-17)12-5-3-4-6-14(12)19/h3-9H,1-2H3. The first-order valence-electron chi connectivity index (χ1n) is 7.33. The number of rotatable bonds is 3. The predicted molar refractivity (Wildman–Crippen MR) is 91.2 cm³/mol. The summed E-state index contributed by atoms with van der Waals surface area (Å²) in [5, 5.41) is 5.54. The molecule has 0 aliphatic rings. The summed E-state index contributed by atoms with van der Waals surface area (Å²) in [6, 6.07) is 13.0. The molecule has 4 aromatic rings. The lowest BCUT2D eigenvalue weighted by Crippen LogP contribution is -1.83. The first-order chi connectivity index (χ1) is 11.7. The van der Waals surface area contributed by atoms with E-state index in [-0.39, 0.29) is 0 Å². The predicted octanol–water partition coefficient (Wildman–Crippen LogP) is 5.12. The Morgan fingerprint density at radius 1 is 1.12 bits per heavy atom. The molecule has 0 aliphatic heterocycles. The van der Waals surface area contributed by atoms with Crippen LogP contribution in [0.3, 0.4) is 0 Å². The lowest BCUT2D eigenvalue weighted by molar-refractivity contribution is 0.415. The van der Waals surface area contributed by atoms with Crippen LogP contribution in [0.2, 0.25) is 5.02 Å². The smallest absolute Gasteiger partial charge is 0.259 e. The Morgan fingerprint density at radius 3 is 2.75 bits per heavy atom. The molecule has 2 aromatic carbocycles. The molecule has 0 fully saturated rings. The summed E-state index contributed by atoms with van der Waals surface area (Å²) >= 11 is 6.18. The zero-order valence-corrected chi connectivity index (χ0v) is 13.8. The minimum atomic E-state index is 0.355. The van der Waals surface area contributed by atoms with Crippen LogP contribution < -0.4 is 4.74 Å². The molecular formula is C18H13ClN2O3. The van der Waals surface area contributed by atoms with Crippen molar-refractivity contribution in [1.29, 1.82) is 0 Å². The number of fused-ring (bicyclic) bond motifs is 1. The second-order valence-corrected chi connectivity index (χ2v) is 5.73. The number of hydrogen-bond acceptors (Lipinski definition) is 5. The van der Waals surface area contributed by atoms with Gasteiger partial charge in [-0.1, -0.05) is 28.9 Å². The van der Waals surface area contributed by atoms with Gasteiger partial charge in [0.15, 0.2) is 5.76 Å². The Kier molecular flexibility index (Phi) is 3.50. The minimum Gasteiger partial charge on any atom is -0.497 e. The van der Waals surface area contributed by atoms with Crippen LogP contribution in [-0.2, 0) is 0 Å². The number of benzene rings is 2. The topological polar surface area (TPSA) is 61.3 Å². The number of ether oxygens (including phenoxy) is 1. The lowest BCUT2D eigenvalue weighted by atomic mass is 10.1. The summed E-state index contributed by atoms with van der Waals surface area (Å²) in [7, 11) is 1.63. The lowest BCUT2D eigenvalue weighted by Gasteiger charge is -1.97. The molecule has 0 amide bonds. The normalized spacial score (nSPS) is 11.1. The highest BCUT2D eigenvalue weighted by molar-refractivity contribution is 6.33. The summed E-state index contributed by atoms with van der Waals surface area (Å²) in [6.45, 7) is 1.95. The molecule has 0 saturated carbocycles. The summed E-state index contributed by atoms with van der Waals surface area (Å²) in [5.41, 5.74) is 2.36. The molecule has 0 saturated heterocycles. The van der Waals surface area contributed by atoms with E-state index in [1.165, 1.54) is 0 Å². The molecule has 120 valence electrons. The van der Waals surface area contributed by atoms with Crippen LogP contribution in [0.5, 0.6) is 5.75 Å². The molecule has 0 spiro atoms. The monoisotopic (exact) mass is 340 g/mol. The van der Waals surface area contributed by atoms with E-state index in [0.29, 0.717) is 28.1 Å². The van der Waals surface area contributed by atoms with Crippen molar-refractivity contribution in [2.75, 3.05) is 7.11 Å². The molecule has 2 heterocycles. The maximum absolute atomic E-state index is 6.18. The van der Waals surface area contributed by atoms with E-state index in [2.05, 4.69) is 10.1 Å². The molecule has 0 atom stereocenters. The van der Waals surface area contributed by atoms with Gasteiger partial charge in [-0.05, 0) is 37.3 Å². The molecule has 0 N–H and O–H groups in total. The third-order valence-corrected chi connectivity index (χ3v) is 4.21. The molecule has 0 aliphatic carbocycles. The fourth-order valence-electron chi connectivity index (χ4n) is 2.60. The van der Waals surface area contributed by atoms with Gasteiger partial charge in [-0.2, -0.15) is 4.98 Å². The Morgan fingerprint density at radius 2 is 1.96 bits per heavy atom. The van der Waals surface area contributed by atoms with Crippen LogP contribution in [0, 0.1) is 6.92 Å². The van der Waals surface area contributed by atoms with Crippen LogP contribution >= 0.6 is 11.6 Å². The Balaban J connectivity index is 1.81. The summed E-state index contributed by atoms with van der Waals surface area (Å²) in [5.74, 6) is 2.08. The molecule has 4 rings (SSSR count). The van der Waals surface area contributed by atoms with E-state index in [1.807, 2.05) is 43.3 Å². The van der Waals surface area contributed by atoms with Gasteiger partial charge in [-0.3, -0.25) is 0 Å². The van der Waals surface area contributed by atoms with Crippen LogP contribution in [0.4, 0.5) is 0 Å². The number of aromatic nitrogens is 2. The SMILES string of the molecule is COc1ccc2oc(-c3noc(-c4ccccc4Cl)n3)c(C)c2c1. The van der Waals surface area contributed by atoms with Gasteiger partial charge in [0.2, 0.25) is 5.82 Å².